The molecule has 1 fully saturated rings. The van der Waals surface area contributed by atoms with Crippen LogP contribution in [0.5, 0.6) is 0 Å². The standard InChI is InChI=1S/C18H27ClN4O3/c1-14-15(19)4-3-5-16(14)21-18(25)13-23-9-7-22(8-10-23)12-17(24)20-6-11-26-2/h3-5H,6-13H2,1-2H3,(H,20,24)(H,21,25). The van der Waals surface area contributed by atoms with Crippen LogP contribution < -0.4 is 10.6 Å². The van der Waals surface area contributed by atoms with Gasteiger partial charge in [-0.3, -0.25) is 19.4 Å². The second kappa shape index (κ2) is 10.5. The summed E-state index contributed by atoms with van der Waals surface area (Å²) in [5.74, 6) is -0.0502. The van der Waals surface area contributed by atoms with Crippen LogP contribution in [0.3, 0.4) is 0 Å². The van der Waals surface area contributed by atoms with Gasteiger partial charge in [0.05, 0.1) is 19.7 Å². The molecule has 0 aliphatic carbocycles. The maximum atomic E-state index is 12.3. The Morgan fingerprint density at radius 3 is 2.35 bits per heavy atom. The van der Waals surface area contributed by atoms with Gasteiger partial charge in [-0.2, -0.15) is 0 Å². The lowest BCUT2D eigenvalue weighted by molar-refractivity contribution is -0.123. The smallest absolute Gasteiger partial charge is 0.238 e. The van der Waals surface area contributed by atoms with E-state index < -0.39 is 0 Å². The van der Waals surface area contributed by atoms with Crippen LogP contribution in [0.4, 0.5) is 5.69 Å². The molecule has 0 bridgehead atoms. The van der Waals surface area contributed by atoms with Gasteiger partial charge in [-0.1, -0.05) is 17.7 Å². The first-order valence-corrected chi connectivity index (χ1v) is 9.12. The summed E-state index contributed by atoms with van der Waals surface area (Å²) in [7, 11) is 1.61. The summed E-state index contributed by atoms with van der Waals surface area (Å²) < 4.78 is 4.91. The SMILES string of the molecule is COCCNC(=O)CN1CCN(CC(=O)Nc2cccc(Cl)c2C)CC1. The molecule has 144 valence electrons. The maximum Gasteiger partial charge on any atom is 0.238 e. The van der Waals surface area contributed by atoms with Gasteiger partial charge in [0.25, 0.3) is 0 Å². The number of benzene rings is 1. The van der Waals surface area contributed by atoms with Crippen molar-refractivity contribution in [1.29, 1.82) is 0 Å². The summed E-state index contributed by atoms with van der Waals surface area (Å²) in [6.45, 7) is 6.68. The summed E-state index contributed by atoms with van der Waals surface area (Å²) in [6.07, 6.45) is 0. The molecule has 8 heteroatoms. The van der Waals surface area contributed by atoms with E-state index in [1.807, 2.05) is 19.1 Å². The molecule has 0 saturated carbocycles. The first-order valence-electron chi connectivity index (χ1n) is 8.75. The highest BCUT2D eigenvalue weighted by molar-refractivity contribution is 6.31. The van der Waals surface area contributed by atoms with E-state index in [2.05, 4.69) is 20.4 Å². The fourth-order valence-corrected chi connectivity index (χ4v) is 2.97. The number of carbonyl (C=O) groups is 2. The number of nitrogens with zero attached hydrogens (tertiary/aromatic N) is 2. The fourth-order valence-electron chi connectivity index (χ4n) is 2.79. The molecule has 1 aromatic rings. The van der Waals surface area contributed by atoms with Crippen molar-refractivity contribution in [2.24, 2.45) is 0 Å². The van der Waals surface area contributed by atoms with E-state index in [9.17, 15) is 9.59 Å². The Balaban J connectivity index is 1.70. The summed E-state index contributed by atoms with van der Waals surface area (Å²) in [5.41, 5.74) is 1.61. The van der Waals surface area contributed by atoms with Crippen LogP contribution in [0.25, 0.3) is 0 Å². The number of carbonyl (C=O) groups excluding carboxylic acids is 2. The minimum absolute atomic E-state index is 0.00433. The van der Waals surface area contributed by atoms with E-state index in [0.717, 1.165) is 37.4 Å². The highest BCUT2D eigenvalue weighted by Crippen LogP contribution is 2.22. The van der Waals surface area contributed by atoms with Gasteiger partial charge in [-0.05, 0) is 24.6 Å². The molecule has 0 radical (unpaired) electrons. The van der Waals surface area contributed by atoms with Gasteiger partial charge in [-0.25, -0.2) is 0 Å². The Labute approximate surface area is 159 Å². The molecule has 7 nitrogen and oxygen atoms in total. The number of methoxy groups -OCH3 is 1. The Morgan fingerprint density at radius 2 is 1.73 bits per heavy atom. The predicted molar refractivity (Wildman–Crippen MR) is 103 cm³/mol. The predicted octanol–water partition coefficient (Wildman–Crippen LogP) is 0.967. The third kappa shape index (κ3) is 6.57. The lowest BCUT2D eigenvalue weighted by atomic mass is 10.2. The average Bonchev–Trinajstić information content (AvgIpc) is 2.61. The monoisotopic (exact) mass is 382 g/mol. The summed E-state index contributed by atoms with van der Waals surface area (Å²) in [6, 6.07) is 5.47. The number of hydrogen-bond donors (Lipinski definition) is 2. The fraction of sp³-hybridized carbons (Fsp3) is 0.556. The van der Waals surface area contributed by atoms with Crippen molar-refractivity contribution in [2.45, 2.75) is 6.92 Å². The van der Waals surface area contributed by atoms with Crippen LogP contribution in [0.15, 0.2) is 18.2 Å². The normalized spacial score (nSPS) is 15.7. The molecule has 2 N–H and O–H groups in total. The number of halogens is 1. The summed E-state index contributed by atoms with van der Waals surface area (Å²) in [5, 5.41) is 6.37. The molecule has 0 unspecified atom stereocenters. The van der Waals surface area contributed by atoms with E-state index in [-0.39, 0.29) is 11.8 Å². The molecule has 1 saturated heterocycles. The van der Waals surface area contributed by atoms with Gasteiger partial charge in [0.15, 0.2) is 0 Å². The highest BCUT2D eigenvalue weighted by atomic mass is 35.5. The van der Waals surface area contributed by atoms with Gasteiger partial charge in [0.2, 0.25) is 11.8 Å². The van der Waals surface area contributed by atoms with Crippen molar-refractivity contribution in [3.8, 4) is 0 Å². The van der Waals surface area contributed by atoms with E-state index in [0.29, 0.717) is 31.3 Å². The number of piperazine rings is 1. The summed E-state index contributed by atoms with van der Waals surface area (Å²) in [4.78, 5) is 28.3. The second-order valence-corrected chi connectivity index (χ2v) is 6.76. The number of nitrogens with one attached hydrogen (secondary N) is 2. The van der Waals surface area contributed by atoms with E-state index in [1.54, 1.807) is 13.2 Å². The molecule has 26 heavy (non-hydrogen) atoms. The summed E-state index contributed by atoms with van der Waals surface area (Å²) >= 11 is 6.08. The lowest BCUT2D eigenvalue weighted by Crippen LogP contribution is -2.51. The first kappa shape index (κ1) is 20.6. The Morgan fingerprint density at radius 1 is 1.12 bits per heavy atom. The minimum atomic E-state index is -0.0545. The molecule has 0 aromatic heterocycles. The Hall–Kier alpha value is -1.67. The topological polar surface area (TPSA) is 73.9 Å². The quantitative estimate of drug-likeness (QED) is 0.655. The van der Waals surface area contributed by atoms with Crippen molar-refractivity contribution in [2.75, 3.05) is 64.8 Å². The van der Waals surface area contributed by atoms with Crippen LogP contribution >= 0.6 is 11.6 Å². The number of ether oxygens (including phenoxy) is 1. The molecular formula is C18H27ClN4O3. The zero-order valence-corrected chi connectivity index (χ0v) is 16.1. The van der Waals surface area contributed by atoms with Gasteiger partial charge in [0, 0.05) is 50.5 Å². The zero-order valence-electron chi connectivity index (χ0n) is 15.4. The number of hydrogen-bond acceptors (Lipinski definition) is 5. The van der Waals surface area contributed by atoms with E-state index >= 15 is 0 Å². The van der Waals surface area contributed by atoms with Crippen molar-refractivity contribution >= 4 is 29.1 Å². The third-order valence-corrected chi connectivity index (χ3v) is 4.78. The molecule has 0 spiro atoms. The highest BCUT2D eigenvalue weighted by Gasteiger charge is 2.20. The molecule has 1 aliphatic rings. The number of rotatable bonds is 8. The molecule has 2 rings (SSSR count). The molecule has 2 amide bonds. The van der Waals surface area contributed by atoms with Crippen LogP contribution in [0.2, 0.25) is 5.02 Å². The largest absolute Gasteiger partial charge is 0.383 e. The Bertz CT molecular complexity index is 618. The lowest BCUT2D eigenvalue weighted by Gasteiger charge is -2.33. The molecule has 0 atom stereocenters. The Kier molecular flexibility index (Phi) is 8.31. The van der Waals surface area contributed by atoms with Crippen LogP contribution in [-0.4, -0.2) is 81.1 Å². The van der Waals surface area contributed by atoms with Crippen LogP contribution in [-0.2, 0) is 14.3 Å². The van der Waals surface area contributed by atoms with Gasteiger partial charge in [-0.15, -0.1) is 0 Å². The van der Waals surface area contributed by atoms with Crippen molar-refractivity contribution in [1.82, 2.24) is 15.1 Å². The van der Waals surface area contributed by atoms with Crippen LogP contribution in [0, 0.1) is 6.92 Å². The van der Waals surface area contributed by atoms with Gasteiger partial charge in [0.1, 0.15) is 0 Å². The molecular weight excluding hydrogens is 356 g/mol. The zero-order chi connectivity index (χ0) is 18.9. The molecule has 1 heterocycles. The number of anilines is 1. The van der Waals surface area contributed by atoms with Crippen molar-refractivity contribution in [3.05, 3.63) is 28.8 Å². The minimum Gasteiger partial charge on any atom is -0.383 e. The maximum absolute atomic E-state index is 12.3. The van der Waals surface area contributed by atoms with Crippen molar-refractivity contribution in [3.63, 3.8) is 0 Å². The number of amides is 2. The van der Waals surface area contributed by atoms with Crippen LogP contribution in [0.1, 0.15) is 5.56 Å². The third-order valence-electron chi connectivity index (χ3n) is 4.37. The van der Waals surface area contributed by atoms with Gasteiger partial charge < -0.3 is 15.4 Å². The van der Waals surface area contributed by atoms with E-state index in [4.69, 9.17) is 16.3 Å². The van der Waals surface area contributed by atoms with E-state index in [1.165, 1.54) is 0 Å². The first-order chi connectivity index (χ1) is 12.5. The average molecular weight is 383 g/mol. The molecule has 1 aromatic carbocycles. The second-order valence-electron chi connectivity index (χ2n) is 6.36. The molecule has 1 aliphatic heterocycles. The van der Waals surface area contributed by atoms with Crippen molar-refractivity contribution < 1.29 is 14.3 Å². The van der Waals surface area contributed by atoms with Gasteiger partial charge >= 0.3 is 0 Å².